The number of aliphatic imine (C=N–C) groups is 1. The number of hydrogen-bond donors (Lipinski definition) is 1. The average Bonchev–Trinajstić information content (AvgIpc) is 2.62. The second-order valence-electron chi connectivity index (χ2n) is 7.76. The van der Waals surface area contributed by atoms with Gasteiger partial charge in [-0.3, -0.25) is 15.1 Å². The summed E-state index contributed by atoms with van der Waals surface area (Å²) in [4.78, 5) is 15.6. The SMILES string of the molecule is CC1CCC(N=Cc2cc([N+](=O)[O-])cc(C3CCCCC3)c2O)CC1. The van der Waals surface area contributed by atoms with Crippen molar-refractivity contribution in [2.24, 2.45) is 10.9 Å². The van der Waals surface area contributed by atoms with E-state index in [9.17, 15) is 15.2 Å². The van der Waals surface area contributed by atoms with Crippen LogP contribution in [-0.4, -0.2) is 22.3 Å². The average molecular weight is 344 g/mol. The number of rotatable bonds is 4. The van der Waals surface area contributed by atoms with Crippen molar-refractivity contribution in [1.29, 1.82) is 0 Å². The maximum absolute atomic E-state index is 11.3. The Balaban J connectivity index is 1.86. The van der Waals surface area contributed by atoms with Crippen molar-refractivity contribution in [3.8, 4) is 5.75 Å². The number of nitro groups is 1. The molecule has 1 aromatic carbocycles. The van der Waals surface area contributed by atoms with Gasteiger partial charge >= 0.3 is 0 Å². The molecule has 2 fully saturated rings. The molecule has 0 radical (unpaired) electrons. The third kappa shape index (κ3) is 4.39. The van der Waals surface area contributed by atoms with Crippen LogP contribution in [0.25, 0.3) is 0 Å². The summed E-state index contributed by atoms with van der Waals surface area (Å²) in [6.07, 6.45) is 11.6. The van der Waals surface area contributed by atoms with E-state index in [1.54, 1.807) is 12.3 Å². The quantitative estimate of drug-likeness (QED) is 0.454. The van der Waals surface area contributed by atoms with E-state index in [1.165, 1.54) is 25.3 Å². The lowest BCUT2D eigenvalue weighted by molar-refractivity contribution is -0.385. The van der Waals surface area contributed by atoms with E-state index in [-0.39, 0.29) is 28.3 Å². The highest BCUT2D eigenvalue weighted by Crippen LogP contribution is 2.40. The Bertz CT molecular complexity index is 643. The van der Waals surface area contributed by atoms with Crippen molar-refractivity contribution in [2.75, 3.05) is 0 Å². The highest BCUT2D eigenvalue weighted by molar-refractivity contribution is 5.85. The zero-order valence-corrected chi connectivity index (χ0v) is 15.0. The third-order valence-electron chi connectivity index (χ3n) is 5.82. The summed E-state index contributed by atoms with van der Waals surface area (Å²) < 4.78 is 0. The van der Waals surface area contributed by atoms with Gasteiger partial charge in [-0.2, -0.15) is 0 Å². The molecule has 1 N–H and O–H groups in total. The molecule has 0 spiro atoms. The molecule has 2 aliphatic carbocycles. The highest BCUT2D eigenvalue weighted by Gasteiger charge is 2.24. The predicted octanol–water partition coefficient (Wildman–Crippen LogP) is 5.35. The number of non-ortho nitro benzene ring substituents is 1. The van der Waals surface area contributed by atoms with Crippen molar-refractivity contribution < 1.29 is 10.0 Å². The van der Waals surface area contributed by atoms with Crippen molar-refractivity contribution in [1.82, 2.24) is 0 Å². The molecular formula is C20H28N2O3. The van der Waals surface area contributed by atoms with E-state index in [1.807, 2.05) is 0 Å². The van der Waals surface area contributed by atoms with Crippen molar-refractivity contribution in [3.05, 3.63) is 33.4 Å². The second-order valence-corrected chi connectivity index (χ2v) is 7.76. The number of hydrogen-bond acceptors (Lipinski definition) is 4. The van der Waals surface area contributed by atoms with E-state index in [4.69, 9.17) is 0 Å². The van der Waals surface area contributed by atoms with Crippen LogP contribution in [0, 0.1) is 16.0 Å². The maximum atomic E-state index is 11.3. The summed E-state index contributed by atoms with van der Waals surface area (Å²) in [7, 11) is 0. The van der Waals surface area contributed by atoms with Gasteiger partial charge in [-0.05, 0) is 50.4 Å². The molecule has 5 heteroatoms. The first-order chi connectivity index (χ1) is 12.0. The molecule has 5 nitrogen and oxygen atoms in total. The number of nitrogens with zero attached hydrogens (tertiary/aromatic N) is 2. The lowest BCUT2D eigenvalue weighted by atomic mass is 9.83. The Kier molecular flexibility index (Phi) is 5.71. The Morgan fingerprint density at radius 2 is 1.80 bits per heavy atom. The van der Waals surface area contributed by atoms with Crippen molar-refractivity contribution >= 4 is 11.9 Å². The monoisotopic (exact) mass is 344 g/mol. The Morgan fingerprint density at radius 3 is 2.44 bits per heavy atom. The predicted molar refractivity (Wildman–Crippen MR) is 99.6 cm³/mol. The maximum Gasteiger partial charge on any atom is 0.270 e. The van der Waals surface area contributed by atoms with Gasteiger partial charge in [0.2, 0.25) is 0 Å². The fraction of sp³-hybridized carbons (Fsp3) is 0.650. The van der Waals surface area contributed by atoms with Crippen LogP contribution in [0.3, 0.4) is 0 Å². The molecule has 1 aromatic rings. The first-order valence-corrected chi connectivity index (χ1v) is 9.59. The first kappa shape index (κ1) is 17.9. The summed E-state index contributed by atoms with van der Waals surface area (Å²) in [5.74, 6) is 1.16. The Morgan fingerprint density at radius 1 is 1.12 bits per heavy atom. The molecule has 3 rings (SSSR count). The van der Waals surface area contributed by atoms with Gasteiger partial charge in [0.25, 0.3) is 5.69 Å². The van der Waals surface area contributed by atoms with Gasteiger partial charge in [-0.1, -0.05) is 26.2 Å². The second kappa shape index (κ2) is 7.98. The topological polar surface area (TPSA) is 75.7 Å². The third-order valence-corrected chi connectivity index (χ3v) is 5.82. The van der Waals surface area contributed by atoms with E-state index in [2.05, 4.69) is 11.9 Å². The number of nitro benzene ring substituents is 1. The van der Waals surface area contributed by atoms with Gasteiger partial charge in [0.15, 0.2) is 0 Å². The largest absolute Gasteiger partial charge is 0.507 e. The van der Waals surface area contributed by atoms with E-state index in [0.29, 0.717) is 5.56 Å². The molecule has 0 saturated heterocycles. The first-order valence-electron chi connectivity index (χ1n) is 9.59. The summed E-state index contributed by atoms with van der Waals surface area (Å²) in [6, 6.07) is 3.29. The molecule has 0 amide bonds. The lowest BCUT2D eigenvalue weighted by Crippen LogP contribution is -2.15. The van der Waals surface area contributed by atoms with Crippen LogP contribution < -0.4 is 0 Å². The fourth-order valence-corrected chi connectivity index (χ4v) is 4.17. The van der Waals surface area contributed by atoms with Gasteiger partial charge in [-0.25, -0.2) is 0 Å². The van der Waals surface area contributed by atoms with E-state index < -0.39 is 0 Å². The minimum Gasteiger partial charge on any atom is -0.507 e. The molecule has 25 heavy (non-hydrogen) atoms. The van der Waals surface area contributed by atoms with Crippen LogP contribution in [0.5, 0.6) is 5.75 Å². The van der Waals surface area contributed by atoms with Gasteiger partial charge in [0, 0.05) is 35.5 Å². The van der Waals surface area contributed by atoms with Gasteiger partial charge < -0.3 is 5.11 Å². The normalized spacial score (nSPS) is 25.3. The summed E-state index contributed by atoms with van der Waals surface area (Å²) in [6.45, 7) is 2.27. The highest BCUT2D eigenvalue weighted by atomic mass is 16.6. The van der Waals surface area contributed by atoms with E-state index >= 15 is 0 Å². The molecule has 0 aliphatic heterocycles. The number of phenolic OH excluding ortho intramolecular Hbond substituents is 1. The fourth-order valence-electron chi connectivity index (χ4n) is 4.17. The number of aromatic hydroxyl groups is 1. The molecule has 0 aromatic heterocycles. The molecule has 2 saturated carbocycles. The smallest absolute Gasteiger partial charge is 0.270 e. The van der Waals surface area contributed by atoms with Gasteiger partial charge in [-0.15, -0.1) is 0 Å². The Hall–Kier alpha value is -1.91. The van der Waals surface area contributed by atoms with Crippen LogP contribution in [0.4, 0.5) is 5.69 Å². The number of benzene rings is 1. The molecule has 0 bridgehead atoms. The number of phenols is 1. The standard InChI is InChI=1S/C20H28N2O3/c1-14-7-9-17(10-8-14)21-13-16-11-18(22(24)25)12-19(20(16)23)15-5-3-2-4-6-15/h11-15,17,23H,2-10H2,1H3. The summed E-state index contributed by atoms with van der Waals surface area (Å²) in [5.41, 5.74) is 1.28. The van der Waals surface area contributed by atoms with Crippen LogP contribution in [0.1, 0.15) is 81.8 Å². The molecular weight excluding hydrogens is 316 g/mol. The van der Waals surface area contributed by atoms with E-state index in [0.717, 1.165) is 50.0 Å². The zero-order chi connectivity index (χ0) is 17.8. The minimum atomic E-state index is -0.370. The minimum absolute atomic E-state index is 0.0529. The lowest BCUT2D eigenvalue weighted by Gasteiger charge is -2.24. The van der Waals surface area contributed by atoms with Gasteiger partial charge in [0.1, 0.15) is 5.75 Å². The van der Waals surface area contributed by atoms with Crippen molar-refractivity contribution in [3.63, 3.8) is 0 Å². The molecule has 136 valence electrons. The molecule has 0 unspecified atom stereocenters. The van der Waals surface area contributed by atoms with Crippen LogP contribution in [0.2, 0.25) is 0 Å². The molecule has 2 aliphatic rings. The summed E-state index contributed by atoms with van der Waals surface area (Å²) in [5, 5.41) is 22.0. The van der Waals surface area contributed by atoms with Crippen LogP contribution >= 0.6 is 0 Å². The summed E-state index contributed by atoms with van der Waals surface area (Å²) >= 11 is 0. The van der Waals surface area contributed by atoms with Crippen LogP contribution in [0.15, 0.2) is 17.1 Å². The van der Waals surface area contributed by atoms with Crippen LogP contribution in [-0.2, 0) is 0 Å². The molecule has 0 atom stereocenters. The van der Waals surface area contributed by atoms with Gasteiger partial charge in [0.05, 0.1) is 4.92 Å². The Labute approximate surface area is 149 Å². The zero-order valence-electron chi connectivity index (χ0n) is 15.0. The molecule has 0 heterocycles. The van der Waals surface area contributed by atoms with Crippen molar-refractivity contribution in [2.45, 2.75) is 76.7 Å².